The highest BCUT2D eigenvalue weighted by molar-refractivity contribution is 6.36. The van der Waals surface area contributed by atoms with E-state index in [-0.39, 0.29) is 18.4 Å². The van der Waals surface area contributed by atoms with Crippen molar-refractivity contribution < 1.29 is 9.59 Å². The van der Waals surface area contributed by atoms with Gasteiger partial charge in [0.15, 0.2) is 0 Å². The van der Waals surface area contributed by atoms with Crippen LogP contribution >= 0.6 is 0 Å². The first-order valence-corrected chi connectivity index (χ1v) is 9.17. The highest BCUT2D eigenvalue weighted by Gasteiger charge is 2.39. The Labute approximate surface area is 166 Å². The van der Waals surface area contributed by atoms with Gasteiger partial charge in [0.2, 0.25) is 0 Å². The van der Waals surface area contributed by atoms with Gasteiger partial charge in [-0.2, -0.15) is 0 Å². The monoisotopic (exact) mass is 375 g/mol. The van der Waals surface area contributed by atoms with Crippen molar-refractivity contribution in [3.8, 4) is 0 Å². The van der Waals surface area contributed by atoms with Crippen molar-refractivity contribution in [3.63, 3.8) is 0 Å². The van der Waals surface area contributed by atoms with E-state index in [1.165, 1.54) is 4.90 Å². The van der Waals surface area contributed by atoms with Crippen LogP contribution in [0.1, 0.15) is 16.7 Å². The summed E-state index contributed by atoms with van der Waals surface area (Å²) in [6, 6.07) is 13.6. The Morgan fingerprint density at radius 2 is 1.71 bits per heavy atom. The molecule has 0 unspecified atom stereocenters. The van der Waals surface area contributed by atoms with Crippen molar-refractivity contribution in [1.82, 2.24) is 4.90 Å². The molecule has 0 fully saturated rings. The Morgan fingerprint density at radius 1 is 1.04 bits per heavy atom. The summed E-state index contributed by atoms with van der Waals surface area (Å²) in [4.78, 5) is 29.2. The molecule has 2 aromatic rings. The summed E-state index contributed by atoms with van der Waals surface area (Å²) in [5.41, 5.74) is 5.34. The van der Waals surface area contributed by atoms with Crippen molar-refractivity contribution in [2.45, 2.75) is 13.8 Å². The van der Waals surface area contributed by atoms with Crippen LogP contribution in [0.5, 0.6) is 0 Å². The number of nitrogens with zero attached hydrogens (tertiary/aromatic N) is 2. The van der Waals surface area contributed by atoms with Gasteiger partial charge in [-0.1, -0.05) is 29.8 Å². The lowest BCUT2D eigenvalue weighted by atomic mass is 9.97. The molecule has 1 aliphatic heterocycles. The second-order valence-corrected chi connectivity index (χ2v) is 7.14. The van der Waals surface area contributed by atoms with Gasteiger partial charge in [-0.25, -0.2) is 0 Å². The van der Waals surface area contributed by atoms with Gasteiger partial charge < -0.3 is 10.2 Å². The standard InChI is InChI=1S/C23H25N3O2/c1-6-13-26-22(27)20(19-12-7-15(2)14-16(19)3)21(23(26)28)24-17-8-10-18(11-9-17)25(4)5/h6-12,14,24H,1,13H2,2-5H3. The zero-order chi connectivity index (χ0) is 20.4. The predicted molar refractivity (Wildman–Crippen MR) is 114 cm³/mol. The molecule has 0 atom stereocenters. The number of benzene rings is 2. The lowest BCUT2D eigenvalue weighted by Gasteiger charge is -2.14. The van der Waals surface area contributed by atoms with Gasteiger partial charge in [-0.05, 0) is 49.2 Å². The molecule has 0 bridgehead atoms. The van der Waals surface area contributed by atoms with Crippen molar-refractivity contribution in [3.05, 3.63) is 77.5 Å². The molecule has 0 radical (unpaired) electrons. The zero-order valence-electron chi connectivity index (χ0n) is 16.7. The maximum atomic E-state index is 13.0. The second-order valence-electron chi connectivity index (χ2n) is 7.14. The van der Waals surface area contributed by atoms with E-state index in [1.807, 2.05) is 75.3 Å². The fourth-order valence-electron chi connectivity index (χ4n) is 3.32. The molecular weight excluding hydrogens is 350 g/mol. The van der Waals surface area contributed by atoms with Gasteiger partial charge in [-0.15, -0.1) is 6.58 Å². The topological polar surface area (TPSA) is 52.7 Å². The van der Waals surface area contributed by atoms with Gasteiger partial charge in [0, 0.05) is 32.0 Å². The van der Waals surface area contributed by atoms with Gasteiger partial charge in [0.05, 0.1) is 5.57 Å². The minimum absolute atomic E-state index is 0.177. The zero-order valence-corrected chi connectivity index (χ0v) is 16.7. The van der Waals surface area contributed by atoms with Crippen LogP contribution in [-0.2, 0) is 9.59 Å². The van der Waals surface area contributed by atoms with Crippen LogP contribution in [0.25, 0.3) is 5.57 Å². The van der Waals surface area contributed by atoms with Gasteiger partial charge in [0.1, 0.15) is 5.70 Å². The first-order chi connectivity index (χ1) is 13.3. The quantitative estimate of drug-likeness (QED) is 0.617. The first kappa shape index (κ1) is 19.4. The fraction of sp³-hybridized carbons (Fsp3) is 0.217. The van der Waals surface area contributed by atoms with Crippen LogP contribution in [0.4, 0.5) is 11.4 Å². The number of aryl methyl sites for hydroxylation is 2. The van der Waals surface area contributed by atoms with E-state index in [9.17, 15) is 9.59 Å². The number of amides is 2. The smallest absolute Gasteiger partial charge is 0.278 e. The van der Waals surface area contributed by atoms with Crippen molar-refractivity contribution in [1.29, 1.82) is 0 Å². The molecule has 0 spiro atoms. The molecule has 2 aromatic carbocycles. The normalized spacial score (nSPS) is 13.9. The number of anilines is 2. The minimum Gasteiger partial charge on any atom is -0.378 e. The molecule has 0 aromatic heterocycles. The molecule has 5 nitrogen and oxygen atoms in total. The Morgan fingerprint density at radius 3 is 2.29 bits per heavy atom. The molecule has 1 heterocycles. The van der Waals surface area contributed by atoms with Crippen LogP contribution < -0.4 is 10.2 Å². The Hall–Kier alpha value is -3.34. The van der Waals surface area contributed by atoms with Gasteiger partial charge >= 0.3 is 0 Å². The van der Waals surface area contributed by atoms with Crippen LogP contribution in [0.15, 0.2) is 60.8 Å². The molecule has 0 aliphatic carbocycles. The number of hydrogen-bond donors (Lipinski definition) is 1. The Bertz CT molecular complexity index is 972. The molecule has 1 aliphatic rings. The van der Waals surface area contributed by atoms with E-state index in [0.717, 1.165) is 28.1 Å². The summed E-state index contributed by atoms with van der Waals surface area (Å²) in [6.45, 7) is 7.80. The third-order valence-corrected chi connectivity index (χ3v) is 4.78. The number of imide groups is 1. The number of hydrogen-bond acceptors (Lipinski definition) is 4. The third-order valence-electron chi connectivity index (χ3n) is 4.78. The van der Waals surface area contributed by atoms with Crippen LogP contribution in [0.2, 0.25) is 0 Å². The number of carbonyl (C=O) groups excluding carboxylic acids is 2. The van der Waals surface area contributed by atoms with Gasteiger partial charge in [0.25, 0.3) is 11.8 Å². The maximum Gasteiger partial charge on any atom is 0.278 e. The van der Waals surface area contributed by atoms with Crippen LogP contribution in [-0.4, -0.2) is 37.4 Å². The second kappa shape index (κ2) is 7.72. The van der Waals surface area contributed by atoms with Crippen LogP contribution in [0, 0.1) is 13.8 Å². The molecule has 28 heavy (non-hydrogen) atoms. The SMILES string of the molecule is C=CCN1C(=O)C(Nc2ccc(N(C)C)cc2)=C(c2ccc(C)cc2C)C1=O. The largest absolute Gasteiger partial charge is 0.378 e. The molecule has 0 saturated heterocycles. The maximum absolute atomic E-state index is 13.0. The highest BCUT2D eigenvalue weighted by Crippen LogP contribution is 2.32. The average Bonchev–Trinajstić information content (AvgIpc) is 2.87. The van der Waals surface area contributed by atoms with Crippen LogP contribution in [0.3, 0.4) is 0 Å². The molecule has 3 rings (SSSR count). The van der Waals surface area contributed by atoms with E-state index in [0.29, 0.717) is 11.3 Å². The lowest BCUT2D eigenvalue weighted by Crippen LogP contribution is -2.32. The number of rotatable bonds is 6. The summed E-state index contributed by atoms with van der Waals surface area (Å²) < 4.78 is 0. The van der Waals surface area contributed by atoms with Crippen molar-refractivity contribution in [2.75, 3.05) is 30.9 Å². The molecule has 2 amide bonds. The van der Waals surface area contributed by atoms with Crippen molar-refractivity contribution in [2.24, 2.45) is 0 Å². The molecule has 144 valence electrons. The van der Waals surface area contributed by atoms with E-state index in [4.69, 9.17) is 0 Å². The Balaban J connectivity index is 2.07. The van der Waals surface area contributed by atoms with E-state index >= 15 is 0 Å². The number of nitrogens with one attached hydrogen (secondary N) is 1. The van der Waals surface area contributed by atoms with Gasteiger partial charge in [-0.3, -0.25) is 14.5 Å². The highest BCUT2D eigenvalue weighted by atomic mass is 16.2. The molecule has 5 heteroatoms. The average molecular weight is 375 g/mol. The third kappa shape index (κ3) is 3.56. The fourth-order valence-corrected chi connectivity index (χ4v) is 3.32. The Kier molecular flexibility index (Phi) is 5.36. The molecular formula is C23H25N3O2. The predicted octanol–water partition coefficient (Wildman–Crippen LogP) is 3.75. The minimum atomic E-state index is -0.337. The van der Waals surface area contributed by atoms with E-state index in [2.05, 4.69) is 11.9 Å². The molecule has 1 N–H and O–H groups in total. The summed E-state index contributed by atoms with van der Waals surface area (Å²) in [5.74, 6) is -0.638. The lowest BCUT2D eigenvalue weighted by molar-refractivity contribution is -0.136. The first-order valence-electron chi connectivity index (χ1n) is 9.17. The summed E-state index contributed by atoms with van der Waals surface area (Å²) in [7, 11) is 3.94. The number of carbonyl (C=O) groups is 2. The van der Waals surface area contributed by atoms with E-state index < -0.39 is 0 Å². The van der Waals surface area contributed by atoms with E-state index in [1.54, 1.807) is 6.08 Å². The summed E-state index contributed by atoms with van der Waals surface area (Å²) in [5, 5.41) is 3.18. The summed E-state index contributed by atoms with van der Waals surface area (Å²) in [6.07, 6.45) is 1.56. The van der Waals surface area contributed by atoms with Crippen molar-refractivity contribution >= 4 is 28.8 Å². The molecule has 0 saturated carbocycles. The summed E-state index contributed by atoms with van der Waals surface area (Å²) >= 11 is 0.